The average Bonchev–Trinajstić information content (AvgIpc) is 2.38. The maximum Gasteiger partial charge on any atom is 0.292 e. The summed E-state index contributed by atoms with van der Waals surface area (Å²) in [6.45, 7) is 3.51. The van der Waals surface area contributed by atoms with E-state index in [1.54, 1.807) is 6.07 Å². The van der Waals surface area contributed by atoms with E-state index in [4.69, 9.17) is 0 Å². The lowest BCUT2D eigenvalue weighted by molar-refractivity contribution is -0.384. The van der Waals surface area contributed by atoms with Gasteiger partial charge in [0.1, 0.15) is 5.69 Å². The largest absolute Gasteiger partial charge is 0.396 e. The van der Waals surface area contributed by atoms with Crippen LogP contribution in [0.2, 0.25) is 0 Å². The number of anilines is 1. The molecule has 1 aromatic carbocycles. The second-order valence-electron chi connectivity index (χ2n) is 4.89. The Morgan fingerprint density at radius 1 is 1.56 bits per heavy atom. The van der Waals surface area contributed by atoms with Crippen LogP contribution in [0, 0.1) is 23.0 Å². The highest BCUT2D eigenvalue weighted by Crippen LogP contribution is 2.32. The number of aryl methyl sites for hydroxylation is 1. The number of piperidine rings is 1. The topological polar surface area (TPSA) is 66.6 Å². The third kappa shape index (κ3) is 2.61. The summed E-state index contributed by atoms with van der Waals surface area (Å²) in [5.41, 5.74) is 1.72. The third-order valence-electron chi connectivity index (χ3n) is 3.45. The van der Waals surface area contributed by atoms with Crippen molar-refractivity contribution < 1.29 is 10.0 Å². The Morgan fingerprint density at radius 2 is 2.33 bits per heavy atom. The zero-order valence-electron chi connectivity index (χ0n) is 10.5. The molecule has 5 heteroatoms. The van der Waals surface area contributed by atoms with E-state index in [1.165, 1.54) is 0 Å². The van der Waals surface area contributed by atoms with E-state index in [0.717, 1.165) is 24.9 Å². The molecule has 0 aromatic heterocycles. The number of aliphatic hydroxyl groups excluding tert-OH is 1. The summed E-state index contributed by atoms with van der Waals surface area (Å²) in [5.74, 6) is 0.222. The molecule has 1 aliphatic rings. The van der Waals surface area contributed by atoms with Gasteiger partial charge in [0, 0.05) is 25.8 Å². The third-order valence-corrected chi connectivity index (χ3v) is 3.45. The molecule has 1 aromatic rings. The fraction of sp³-hybridized carbons (Fsp3) is 0.538. The maximum absolute atomic E-state index is 11.1. The number of hydrogen-bond donors (Lipinski definition) is 1. The minimum atomic E-state index is -0.328. The number of nitro benzene ring substituents is 1. The first-order valence-electron chi connectivity index (χ1n) is 6.22. The van der Waals surface area contributed by atoms with E-state index >= 15 is 0 Å². The van der Waals surface area contributed by atoms with Gasteiger partial charge >= 0.3 is 0 Å². The highest BCUT2D eigenvalue weighted by Gasteiger charge is 2.25. The minimum Gasteiger partial charge on any atom is -0.396 e. The number of nitro groups is 1. The van der Waals surface area contributed by atoms with Crippen molar-refractivity contribution in [3.63, 3.8) is 0 Å². The smallest absolute Gasteiger partial charge is 0.292 e. The van der Waals surface area contributed by atoms with Crippen LogP contribution in [0.3, 0.4) is 0 Å². The highest BCUT2D eigenvalue weighted by molar-refractivity contribution is 5.64. The second kappa shape index (κ2) is 5.35. The Hall–Kier alpha value is -1.62. The standard InChI is InChI=1S/C13H18N2O3/c1-10-4-5-12(13(7-10)15(17)18)14-6-2-3-11(8-14)9-16/h4-5,7,11,16H,2-3,6,8-9H2,1H3. The van der Waals surface area contributed by atoms with Gasteiger partial charge in [0.2, 0.25) is 0 Å². The maximum atomic E-state index is 11.1. The van der Waals surface area contributed by atoms with Crippen LogP contribution in [0.5, 0.6) is 0 Å². The molecule has 1 aliphatic heterocycles. The van der Waals surface area contributed by atoms with Gasteiger partial charge in [0.25, 0.3) is 5.69 Å². The van der Waals surface area contributed by atoms with Crippen LogP contribution in [0.15, 0.2) is 18.2 Å². The van der Waals surface area contributed by atoms with Crippen LogP contribution >= 0.6 is 0 Å². The summed E-state index contributed by atoms with van der Waals surface area (Å²) < 4.78 is 0. The van der Waals surface area contributed by atoms with E-state index < -0.39 is 0 Å². The molecular formula is C13H18N2O3. The normalized spacial score (nSPS) is 19.9. The van der Waals surface area contributed by atoms with E-state index in [2.05, 4.69) is 0 Å². The molecule has 1 N–H and O–H groups in total. The monoisotopic (exact) mass is 250 g/mol. The summed E-state index contributed by atoms with van der Waals surface area (Å²) >= 11 is 0. The van der Waals surface area contributed by atoms with Gasteiger partial charge in [0.15, 0.2) is 0 Å². The molecular weight excluding hydrogens is 232 g/mol. The molecule has 0 saturated carbocycles. The number of benzene rings is 1. The molecule has 2 rings (SSSR count). The van der Waals surface area contributed by atoms with Crippen molar-refractivity contribution in [3.05, 3.63) is 33.9 Å². The molecule has 0 amide bonds. The zero-order valence-corrected chi connectivity index (χ0v) is 10.5. The lowest BCUT2D eigenvalue weighted by Crippen LogP contribution is -2.37. The minimum absolute atomic E-state index is 0.149. The molecule has 0 spiro atoms. The molecule has 18 heavy (non-hydrogen) atoms. The molecule has 1 unspecified atom stereocenters. The van der Waals surface area contributed by atoms with Crippen LogP contribution in [0.1, 0.15) is 18.4 Å². The number of nitrogens with zero attached hydrogens (tertiary/aromatic N) is 2. The second-order valence-corrected chi connectivity index (χ2v) is 4.89. The van der Waals surface area contributed by atoms with Gasteiger partial charge in [-0.1, -0.05) is 6.07 Å². The number of hydrogen-bond acceptors (Lipinski definition) is 4. The van der Waals surface area contributed by atoms with Crippen LogP contribution in [-0.2, 0) is 0 Å². The van der Waals surface area contributed by atoms with E-state index in [1.807, 2.05) is 24.0 Å². The Labute approximate surface area is 106 Å². The van der Waals surface area contributed by atoms with Crippen molar-refractivity contribution in [2.24, 2.45) is 5.92 Å². The van der Waals surface area contributed by atoms with E-state index in [-0.39, 0.29) is 23.1 Å². The van der Waals surface area contributed by atoms with Gasteiger partial charge in [0.05, 0.1) is 4.92 Å². The first-order valence-corrected chi connectivity index (χ1v) is 6.22. The number of rotatable bonds is 3. The Kier molecular flexibility index (Phi) is 3.81. The molecule has 0 aliphatic carbocycles. The van der Waals surface area contributed by atoms with Gasteiger partial charge in [-0.15, -0.1) is 0 Å². The number of aliphatic hydroxyl groups is 1. The van der Waals surface area contributed by atoms with Crippen LogP contribution in [0.4, 0.5) is 11.4 Å². The SMILES string of the molecule is Cc1ccc(N2CCCC(CO)C2)c([N+](=O)[O-])c1. The van der Waals surface area contributed by atoms with Gasteiger partial charge in [-0.2, -0.15) is 0 Å². The molecule has 1 saturated heterocycles. The summed E-state index contributed by atoms with van der Waals surface area (Å²) in [6, 6.07) is 5.32. The Morgan fingerprint density at radius 3 is 3.00 bits per heavy atom. The predicted molar refractivity (Wildman–Crippen MR) is 69.9 cm³/mol. The molecule has 0 bridgehead atoms. The molecule has 0 radical (unpaired) electrons. The van der Waals surface area contributed by atoms with Gasteiger partial charge in [-0.05, 0) is 37.3 Å². The van der Waals surface area contributed by atoms with E-state index in [0.29, 0.717) is 12.2 Å². The van der Waals surface area contributed by atoms with Crippen molar-refractivity contribution >= 4 is 11.4 Å². The Bertz CT molecular complexity index is 448. The lowest BCUT2D eigenvalue weighted by atomic mass is 9.98. The zero-order chi connectivity index (χ0) is 13.1. The Balaban J connectivity index is 2.29. The van der Waals surface area contributed by atoms with Gasteiger partial charge in [-0.25, -0.2) is 0 Å². The summed E-state index contributed by atoms with van der Waals surface area (Å²) in [4.78, 5) is 12.8. The highest BCUT2D eigenvalue weighted by atomic mass is 16.6. The van der Waals surface area contributed by atoms with Crippen LogP contribution < -0.4 is 4.90 Å². The first-order chi connectivity index (χ1) is 8.61. The fourth-order valence-corrected chi connectivity index (χ4v) is 2.48. The van der Waals surface area contributed by atoms with Crippen molar-refractivity contribution in [2.75, 3.05) is 24.6 Å². The van der Waals surface area contributed by atoms with Crippen molar-refractivity contribution in [1.82, 2.24) is 0 Å². The van der Waals surface area contributed by atoms with E-state index in [9.17, 15) is 15.2 Å². The lowest BCUT2D eigenvalue weighted by Gasteiger charge is -2.33. The molecule has 5 nitrogen and oxygen atoms in total. The fourth-order valence-electron chi connectivity index (χ4n) is 2.48. The van der Waals surface area contributed by atoms with Crippen molar-refractivity contribution in [3.8, 4) is 0 Å². The molecule has 1 heterocycles. The first kappa shape index (κ1) is 12.8. The van der Waals surface area contributed by atoms with Gasteiger partial charge < -0.3 is 10.0 Å². The van der Waals surface area contributed by atoms with Crippen molar-refractivity contribution in [2.45, 2.75) is 19.8 Å². The van der Waals surface area contributed by atoms with Crippen LogP contribution in [0.25, 0.3) is 0 Å². The summed E-state index contributed by atoms with van der Waals surface area (Å²) in [5, 5.41) is 20.3. The molecule has 98 valence electrons. The average molecular weight is 250 g/mol. The summed E-state index contributed by atoms with van der Waals surface area (Å²) in [6.07, 6.45) is 1.96. The van der Waals surface area contributed by atoms with Crippen LogP contribution in [-0.4, -0.2) is 29.7 Å². The summed E-state index contributed by atoms with van der Waals surface area (Å²) in [7, 11) is 0. The predicted octanol–water partition coefficient (Wildman–Crippen LogP) is 2.11. The molecule has 1 atom stereocenters. The van der Waals surface area contributed by atoms with Crippen molar-refractivity contribution in [1.29, 1.82) is 0 Å². The van der Waals surface area contributed by atoms with Gasteiger partial charge in [-0.3, -0.25) is 10.1 Å². The quantitative estimate of drug-likeness (QED) is 0.659. The molecule has 1 fully saturated rings.